The van der Waals surface area contributed by atoms with Crippen molar-refractivity contribution >= 4 is 16.9 Å². The Labute approximate surface area is 105 Å². The predicted molar refractivity (Wildman–Crippen MR) is 70.1 cm³/mol. The van der Waals surface area contributed by atoms with Crippen molar-refractivity contribution < 1.29 is 4.79 Å². The SMILES string of the molecule is CC(N)CCNC(=O)c1ccc2nccnc2c1. The van der Waals surface area contributed by atoms with Gasteiger partial charge >= 0.3 is 0 Å². The smallest absolute Gasteiger partial charge is 0.251 e. The van der Waals surface area contributed by atoms with Gasteiger partial charge in [0.2, 0.25) is 0 Å². The van der Waals surface area contributed by atoms with E-state index in [4.69, 9.17) is 5.73 Å². The van der Waals surface area contributed by atoms with Gasteiger partial charge in [0.05, 0.1) is 11.0 Å². The highest BCUT2D eigenvalue weighted by molar-refractivity contribution is 5.97. The van der Waals surface area contributed by atoms with Gasteiger partial charge in [-0.15, -0.1) is 0 Å². The van der Waals surface area contributed by atoms with Crippen molar-refractivity contribution in [3.8, 4) is 0 Å². The molecule has 1 unspecified atom stereocenters. The highest BCUT2D eigenvalue weighted by Crippen LogP contribution is 2.10. The Kier molecular flexibility index (Phi) is 3.84. The lowest BCUT2D eigenvalue weighted by Crippen LogP contribution is -2.28. The largest absolute Gasteiger partial charge is 0.352 e. The molecule has 3 N–H and O–H groups in total. The second-order valence-corrected chi connectivity index (χ2v) is 4.28. The highest BCUT2D eigenvalue weighted by Gasteiger charge is 2.06. The molecule has 0 saturated heterocycles. The summed E-state index contributed by atoms with van der Waals surface area (Å²) in [5.74, 6) is -0.108. The van der Waals surface area contributed by atoms with Crippen molar-refractivity contribution in [2.45, 2.75) is 19.4 Å². The maximum atomic E-state index is 11.9. The lowest BCUT2D eigenvalue weighted by Gasteiger charge is -2.07. The zero-order valence-corrected chi connectivity index (χ0v) is 10.3. The minimum absolute atomic E-state index is 0.0905. The fraction of sp³-hybridized carbons (Fsp3) is 0.308. The maximum absolute atomic E-state index is 11.9. The van der Waals surface area contributed by atoms with Crippen molar-refractivity contribution in [1.29, 1.82) is 0 Å². The fourth-order valence-electron chi connectivity index (χ4n) is 1.62. The van der Waals surface area contributed by atoms with E-state index in [9.17, 15) is 4.79 Å². The summed E-state index contributed by atoms with van der Waals surface area (Å²) >= 11 is 0. The van der Waals surface area contributed by atoms with Crippen LogP contribution in [0.15, 0.2) is 30.6 Å². The molecule has 5 heteroatoms. The van der Waals surface area contributed by atoms with E-state index in [0.29, 0.717) is 12.1 Å². The third kappa shape index (κ3) is 3.01. The Morgan fingerprint density at radius 2 is 2.06 bits per heavy atom. The molecular weight excluding hydrogens is 228 g/mol. The van der Waals surface area contributed by atoms with Crippen molar-refractivity contribution in [1.82, 2.24) is 15.3 Å². The molecule has 2 rings (SSSR count). The van der Waals surface area contributed by atoms with Gasteiger partial charge in [0.15, 0.2) is 0 Å². The molecule has 1 amide bonds. The van der Waals surface area contributed by atoms with Crippen molar-refractivity contribution in [2.24, 2.45) is 5.73 Å². The molecule has 0 aliphatic heterocycles. The van der Waals surface area contributed by atoms with Crippen LogP contribution in [0.5, 0.6) is 0 Å². The minimum Gasteiger partial charge on any atom is -0.352 e. The highest BCUT2D eigenvalue weighted by atomic mass is 16.1. The molecule has 1 aromatic heterocycles. The Morgan fingerprint density at radius 3 is 2.78 bits per heavy atom. The van der Waals surface area contributed by atoms with Crippen molar-refractivity contribution in [2.75, 3.05) is 6.54 Å². The van der Waals surface area contributed by atoms with Crippen LogP contribution in [0, 0.1) is 0 Å². The molecule has 1 atom stereocenters. The second-order valence-electron chi connectivity index (χ2n) is 4.28. The van der Waals surface area contributed by atoms with Crippen molar-refractivity contribution in [3.05, 3.63) is 36.2 Å². The number of fused-ring (bicyclic) bond motifs is 1. The van der Waals surface area contributed by atoms with Gasteiger partial charge in [-0.1, -0.05) is 0 Å². The van der Waals surface area contributed by atoms with E-state index in [0.717, 1.165) is 17.5 Å². The van der Waals surface area contributed by atoms with Gasteiger partial charge in [-0.3, -0.25) is 14.8 Å². The number of carbonyl (C=O) groups is 1. The monoisotopic (exact) mass is 244 g/mol. The van der Waals surface area contributed by atoms with E-state index >= 15 is 0 Å². The van der Waals surface area contributed by atoms with E-state index in [1.54, 1.807) is 30.6 Å². The molecule has 0 aliphatic rings. The number of nitrogens with one attached hydrogen (secondary N) is 1. The van der Waals surface area contributed by atoms with Gasteiger partial charge in [0.1, 0.15) is 0 Å². The molecular formula is C13H16N4O. The van der Waals surface area contributed by atoms with Crippen molar-refractivity contribution in [3.63, 3.8) is 0 Å². The summed E-state index contributed by atoms with van der Waals surface area (Å²) < 4.78 is 0. The van der Waals surface area contributed by atoms with Gasteiger partial charge in [0.25, 0.3) is 5.91 Å². The molecule has 2 aromatic rings. The molecule has 0 fully saturated rings. The number of amides is 1. The van der Waals surface area contributed by atoms with Crippen LogP contribution in [0.2, 0.25) is 0 Å². The van der Waals surface area contributed by atoms with Gasteiger partial charge in [-0.2, -0.15) is 0 Å². The lowest BCUT2D eigenvalue weighted by atomic mass is 10.1. The minimum atomic E-state index is -0.108. The number of nitrogens with two attached hydrogens (primary N) is 1. The molecule has 1 heterocycles. The van der Waals surface area contributed by atoms with Crippen LogP contribution < -0.4 is 11.1 Å². The molecule has 1 aromatic carbocycles. The summed E-state index contributed by atoms with van der Waals surface area (Å²) in [6.45, 7) is 2.49. The summed E-state index contributed by atoms with van der Waals surface area (Å²) in [5, 5.41) is 2.83. The summed E-state index contributed by atoms with van der Waals surface area (Å²) in [6.07, 6.45) is 4.00. The van der Waals surface area contributed by atoms with E-state index < -0.39 is 0 Å². The number of hydrogen-bond acceptors (Lipinski definition) is 4. The maximum Gasteiger partial charge on any atom is 0.251 e. The molecule has 0 spiro atoms. The topological polar surface area (TPSA) is 80.9 Å². The van der Waals surface area contributed by atoms with Gasteiger partial charge < -0.3 is 11.1 Å². The fourth-order valence-corrected chi connectivity index (χ4v) is 1.62. The van der Waals surface area contributed by atoms with Crippen LogP contribution in [0.25, 0.3) is 11.0 Å². The Hall–Kier alpha value is -2.01. The zero-order valence-electron chi connectivity index (χ0n) is 10.3. The van der Waals surface area contributed by atoms with Gasteiger partial charge in [-0.05, 0) is 31.5 Å². The van der Waals surface area contributed by atoms with Crippen LogP contribution in [0.4, 0.5) is 0 Å². The van der Waals surface area contributed by atoms with Crippen LogP contribution in [-0.4, -0.2) is 28.5 Å². The third-order valence-corrected chi connectivity index (χ3v) is 2.62. The average molecular weight is 244 g/mol. The number of carbonyl (C=O) groups excluding carboxylic acids is 1. The first-order valence-corrected chi connectivity index (χ1v) is 5.91. The van der Waals surface area contributed by atoms with Gasteiger partial charge in [-0.25, -0.2) is 0 Å². The standard InChI is InChI=1S/C13H16N4O/c1-9(14)4-5-17-13(18)10-2-3-11-12(8-10)16-7-6-15-11/h2-3,6-9H,4-5,14H2,1H3,(H,17,18). The number of hydrogen-bond donors (Lipinski definition) is 2. The Bertz CT molecular complexity index is 553. The molecule has 0 radical (unpaired) electrons. The quantitative estimate of drug-likeness (QED) is 0.843. The molecule has 94 valence electrons. The number of benzene rings is 1. The summed E-state index contributed by atoms with van der Waals surface area (Å²) in [5.41, 5.74) is 7.71. The first-order valence-electron chi connectivity index (χ1n) is 5.91. The molecule has 5 nitrogen and oxygen atoms in total. The Morgan fingerprint density at radius 1 is 1.33 bits per heavy atom. The number of nitrogens with zero attached hydrogens (tertiary/aromatic N) is 2. The molecule has 0 saturated carbocycles. The summed E-state index contributed by atoms with van der Waals surface area (Å²) in [6, 6.07) is 5.37. The Balaban J connectivity index is 2.08. The molecule has 0 aliphatic carbocycles. The van der Waals surface area contributed by atoms with Crippen LogP contribution >= 0.6 is 0 Å². The molecule has 18 heavy (non-hydrogen) atoms. The van der Waals surface area contributed by atoms with Crippen LogP contribution in [0.1, 0.15) is 23.7 Å². The van der Waals surface area contributed by atoms with E-state index in [-0.39, 0.29) is 11.9 Å². The first-order chi connectivity index (χ1) is 8.66. The van der Waals surface area contributed by atoms with Crippen LogP contribution in [0.3, 0.4) is 0 Å². The normalized spacial score (nSPS) is 12.3. The first kappa shape index (κ1) is 12.4. The van der Waals surface area contributed by atoms with E-state index in [1.807, 2.05) is 6.92 Å². The summed E-state index contributed by atoms with van der Waals surface area (Å²) in [4.78, 5) is 20.2. The lowest BCUT2D eigenvalue weighted by molar-refractivity contribution is 0.0953. The number of rotatable bonds is 4. The predicted octanol–water partition coefficient (Wildman–Crippen LogP) is 1.10. The second kappa shape index (κ2) is 5.55. The average Bonchev–Trinajstić information content (AvgIpc) is 2.37. The zero-order chi connectivity index (χ0) is 13.0. The van der Waals surface area contributed by atoms with Gasteiger partial charge in [0, 0.05) is 30.5 Å². The number of aromatic nitrogens is 2. The molecule has 0 bridgehead atoms. The van der Waals surface area contributed by atoms with E-state index in [2.05, 4.69) is 15.3 Å². The third-order valence-electron chi connectivity index (χ3n) is 2.62. The van der Waals surface area contributed by atoms with E-state index in [1.165, 1.54) is 0 Å². The summed E-state index contributed by atoms with van der Waals surface area (Å²) in [7, 11) is 0. The van der Waals surface area contributed by atoms with Crippen LogP contribution in [-0.2, 0) is 0 Å².